The minimum atomic E-state index is -4.33. The second-order valence-corrected chi connectivity index (χ2v) is 7.19. The first-order valence-corrected chi connectivity index (χ1v) is 9.47. The first-order chi connectivity index (χ1) is 14.1. The van der Waals surface area contributed by atoms with E-state index in [0.717, 1.165) is 40.2 Å². The Morgan fingerprint density at radius 1 is 0.933 bits per heavy atom. The van der Waals surface area contributed by atoms with E-state index in [9.17, 15) is 23.4 Å². The number of nitrogens with zero attached hydrogens (tertiary/aromatic N) is 2. The molecule has 1 aromatic heterocycles. The lowest BCUT2D eigenvalue weighted by atomic mass is 10.1. The van der Waals surface area contributed by atoms with Gasteiger partial charge in [0.2, 0.25) is 0 Å². The van der Waals surface area contributed by atoms with Gasteiger partial charge in [-0.25, -0.2) is 0 Å². The largest absolute Gasteiger partial charge is 0.416 e. The molecule has 158 valence electrons. The summed E-state index contributed by atoms with van der Waals surface area (Å²) in [4.78, 5) is 0. The molecule has 0 saturated heterocycles. The highest BCUT2D eigenvalue weighted by molar-refractivity contribution is 5.69. The van der Waals surface area contributed by atoms with Crippen LogP contribution in [0.15, 0.2) is 48.5 Å². The van der Waals surface area contributed by atoms with E-state index >= 15 is 0 Å². The van der Waals surface area contributed by atoms with Gasteiger partial charge in [0.25, 0.3) is 0 Å². The lowest BCUT2D eigenvalue weighted by Gasteiger charge is -2.07. The summed E-state index contributed by atoms with van der Waals surface area (Å²) in [6.07, 6.45) is -1.98. The van der Waals surface area contributed by atoms with Crippen LogP contribution in [0, 0.1) is 13.8 Å². The average molecular weight is 416 g/mol. The predicted molar refractivity (Wildman–Crippen MR) is 110 cm³/mol. The lowest BCUT2D eigenvalue weighted by Crippen LogP contribution is -2.10. The molecular formula is C23H23F3N2O2. The van der Waals surface area contributed by atoms with Gasteiger partial charge in [-0.05, 0) is 42.7 Å². The number of aromatic nitrogens is 2. The van der Waals surface area contributed by atoms with E-state index in [-0.39, 0.29) is 6.42 Å². The van der Waals surface area contributed by atoms with E-state index in [0.29, 0.717) is 12.1 Å². The zero-order chi connectivity index (χ0) is 21.9. The third-order valence-corrected chi connectivity index (χ3v) is 4.94. The Labute approximate surface area is 172 Å². The second-order valence-electron chi connectivity index (χ2n) is 7.19. The number of hydrogen-bond acceptors (Lipinski definition) is 3. The Morgan fingerprint density at radius 3 is 1.97 bits per heavy atom. The van der Waals surface area contributed by atoms with Crippen LogP contribution in [0.25, 0.3) is 12.2 Å². The van der Waals surface area contributed by atoms with E-state index in [1.165, 1.54) is 12.1 Å². The molecule has 0 radical (unpaired) electrons. The van der Waals surface area contributed by atoms with E-state index < -0.39 is 18.0 Å². The summed E-state index contributed by atoms with van der Waals surface area (Å²) in [5.74, 6) is 0. The molecule has 0 aliphatic carbocycles. The summed E-state index contributed by atoms with van der Waals surface area (Å²) in [6, 6.07) is 12.8. The monoisotopic (exact) mass is 416 g/mol. The van der Waals surface area contributed by atoms with Gasteiger partial charge in [-0.15, -0.1) is 0 Å². The molecule has 0 spiro atoms. The van der Waals surface area contributed by atoms with Gasteiger partial charge in [0.15, 0.2) is 6.29 Å². The van der Waals surface area contributed by atoms with E-state index in [2.05, 4.69) is 5.10 Å². The Hall–Kier alpha value is -2.90. The molecule has 0 fully saturated rings. The Morgan fingerprint density at radius 2 is 1.47 bits per heavy atom. The summed E-state index contributed by atoms with van der Waals surface area (Å²) in [7, 11) is 0. The number of aliphatic hydroxyl groups is 2. The number of aliphatic hydroxyl groups excluding tert-OH is 1. The van der Waals surface area contributed by atoms with Crippen molar-refractivity contribution in [3.8, 4) is 0 Å². The maximum atomic E-state index is 12.6. The van der Waals surface area contributed by atoms with Crippen LogP contribution in [0.5, 0.6) is 0 Å². The Balaban J connectivity index is 1.68. The van der Waals surface area contributed by atoms with Crippen molar-refractivity contribution in [1.29, 1.82) is 0 Å². The molecule has 4 nitrogen and oxygen atoms in total. The van der Waals surface area contributed by atoms with Gasteiger partial charge in [-0.1, -0.05) is 48.6 Å². The van der Waals surface area contributed by atoms with Crippen molar-refractivity contribution in [2.24, 2.45) is 0 Å². The minimum absolute atomic E-state index is 0.144. The molecule has 0 amide bonds. The van der Waals surface area contributed by atoms with Crippen LogP contribution >= 0.6 is 0 Å². The van der Waals surface area contributed by atoms with Gasteiger partial charge >= 0.3 is 6.18 Å². The molecule has 0 atom stereocenters. The highest BCUT2D eigenvalue weighted by atomic mass is 19.4. The van der Waals surface area contributed by atoms with Crippen LogP contribution in [-0.4, -0.2) is 26.3 Å². The highest BCUT2D eigenvalue weighted by Crippen LogP contribution is 2.29. The molecule has 2 aromatic carbocycles. The van der Waals surface area contributed by atoms with E-state index in [1.807, 2.05) is 48.9 Å². The van der Waals surface area contributed by atoms with Gasteiger partial charge in [0.1, 0.15) is 0 Å². The van der Waals surface area contributed by atoms with Gasteiger partial charge in [0, 0.05) is 17.7 Å². The quantitative estimate of drug-likeness (QED) is 0.456. The molecule has 2 N–H and O–H groups in total. The van der Waals surface area contributed by atoms with Crippen molar-refractivity contribution in [2.75, 3.05) is 0 Å². The van der Waals surface area contributed by atoms with Gasteiger partial charge in [0.05, 0.1) is 17.8 Å². The van der Waals surface area contributed by atoms with E-state index in [1.54, 1.807) is 6.08 Å². The molecule has 7 heteroatoms. The standard InChI is InChI=1S/C23H23F3N2O2/c1-15-21(13-22(29)30)16(2)28(27-15)14-19-7-5-17(6-8-19)3-4-18-9-11-20(12-10-18)23(24,25)26/h3-12,22,29-30H,13-14H2,1-2H3/b4-3+. The normalized spacial score (nSPS) is 12.3. The fraction of sp³-hybridized carbons (Fsp3) is 0.261. The summed E-state index contributed by atoms with van der Waals surface area (Å²) < 4.78 is 39.7. The van der Waals surface area contributed by atoms with Crippen molar-refractivity contribution < 1.29 is 23.4 Å². The number of alkyl halides is 3. The molecule has 0 aliphatic heterocycles. The molecule has 0 unspecified atom stereocenters. The average Bonchev–Trinajstić information content (AvgIpc) is 2.94. The number of rotatable bonds is 6. The molecule has 0 aliphatic rings. The van der Waals surface area contributed by atoms with Crippen molar-refractivity contribution in [3.63, 3.8) is 0 Å². The second kappa shape index (κ2) is 8.85. The fourth-order valence-corrected chi connectivity index (χ4v) is 3.25. The summed E-state index contributed by atoms with van der Waals surface area (Å²) in [5, 5.41) is 22.9. The molecule has 0 bridgehead atoms. The summed E-state index contributed by atoms with van der Waals surface area (Å²) >= 11 is 0. The lowest BCUT2D eigenvalue weighted by molar-refractivity contribution is -0.137. The first-order valence-electron chi connectivity index (χ1n) is 9.47. The predicted octanol–water partition coefficient (Wildman–Crippen LogP) is 4.59. The van der Waals surface area contributed by atoms with Crippen LogP contribution < -0.4 is 0 Å². The summed E-state index contributed by atoms with van der Waals surface area (Å²) in [6.45, 7) is 4.30. The number of aryl methyl sites for hydroxylation is 1. The van der Waals surface area contributed by atoms with E-state index in [4.69, 9.17) is 0 Å². The van der Waals surface area contributed by atoms with Crippen molar-refractivity contribution in [1.82, 2.24) is 9.78 Å². The van der Waals surface area contributed by atoms with Gasteiger partial charge < -0.3 is 10.2 Å². The Kier molecular flexibility index (Phi) is 6.43. The van der Waals surface area contributed by atoms with Crippen LogP contribution in [0.4, 0.5) is 13.2 Å². The molecule has 0 saturated carbocycles. The summed E-state index contributed by atoms with van der Waals surface area (Å²) in [5.41, 5.74) is 4.49. The number of halogens is 3. The molecule has 1 heterocycles. The topological polar surface area (TPSA) is 58.3 Å². The smallest absolute Gasteiger partial charge is 0.368 e. The number of benzene rings is 2. The van der Waals surface area contributed by atoms with Gasteiger partial charge in [-0.2, -0.15) is 18.3 Å². The van der Waals surface area contributed by atoms with Crippen LogP contribution in [0.1, 0.15) is 39.2 Å². The first kappa shape index (κ1) is 21.8. The Bertz CT molecular complexity index is 1020. The molecule has 3 rings (SSSR count). The van der Waals surface area contributed by atoms with Gasteiger partial charge in [-0.3, -0.25) is 4.68 Å². The molecule has 30 heavy (non-hydrogen) atoms. The van der Waals surface area contributed by atoms with Crippen LogP contribution in [0.3, 0.4) is 0 Å². The van der Waals surface area contributed by atoms with Crippen LogP contribution in [-0.2, 0) is 19.1 Å². The third-order valence-electron chi connectivity index (χ3n) is 4.94. The van der Waals surface area contributed by atoms with Crippen molar-refractivity contribution in [3.05, 3.63) is 87.7 Å². The zero-order valence-electron chi connectivity index (χ0n) is 16.7. The van der Waals surface area contributed by atoms with Crippen LogP contribution in [0.2, 0.25) is 0 Å². The minimum Gasteiger partial charge on any atom is -0.368 e. The maximum absolute atomic E-state index is 12.6. The van der Waals surface area contributed by atoms with Crippen molar-refractivity contribution in [2.45, 2.75) is 39.3 Å². The molecular weight excluding hydrogens is 393 g/mol. The zero-order valence-corrected chi connectivity index (χ0v) is 16.7. The SMILES string of the molecule is Cc1nn(Cc2ccc(/C=C/c3ccc(C(F)(F)F)cc3)cc2)c(C)c1CC(O)O. The van der Waals surface area contributed by atoms with Crippen molar-refractivity contribution >= 4 is 12.2 Å². The fourth-order valence-electron chi connectivity index (χ4n) is 3.25. The highest BCUT2D eigenvalue weighted by Gasteiger charge is 2.29. The maximum Gasteiger partial charge on any atom is 0.416 e. The number of hydrogen-bond donors (Lipinski definition) is 2. The third kappa shape index (κ3) is 5.37. The molecule has 3 aromatic rings.